The van der Waals surface area contributed by atoms with Crippen molar-refractivity contribution in [2.75, 3.05) is 37.7 Å². The molecule has 7 nitrogen and oxygen atoms in total. The number of para-hydroxylation sites is 1. The Labute approximate surface area is 246 Å². The van der Waals surface area contributed by atoms with E-state index in [4.69, 9.17) is 4.74 Å². The van der Waals surface area contributed by atoms with Gasteiger partial charge in [0.2, 0.25) is 5.91 Å². The van der Waals surface area contributed by atoms with Crippen LogP contribution in [0.5, 0.6) is 0 Å². The Hall–Kier alpha value is -4.46. The average molecular weight is 570 g/mol. The monoisotopic (exact) mass is 569 g/mol. The molecule has 5 rings (SSSR count). The Morgan fingerprint density at radius 3 is 2.21 bits per heavy atom. The first-order chi connectivity index (χ1) is 20.3. The first-order valence-electron chi connectivity index (χ1n) is 14.4. The van der Waals surface area contributed by atoms with Gasteiger partial charge in [0.1, 0.15) is 5.82 Å². The molecule has 0 aromatic heterocycles. The minimum Gasteiger partial charge on any atom is -0.463 e. The van der Waals surface area contributed by atoms with Crippen LogP contribution in [-0.4, -0.2) is 60.4 Å². The van der Waals surface area contributed by atoms with Crippen molar-refractivity contribution >= 4 is 23.5 Å². The summed E-state index contributed by atoms with van der Waals surface area (Å²) < 4.78 is 19.6. The molecule has 218 valence electrons. The van der Waals surface area contributed by atoms with Gasteiger partial charge in [0, 0.05) is 49.8 Å². The van der Waals surface area contributed by atoms with Crippen LogP contribution in [0.1, 0.15) is 53.2 Å². The molecule has 0 bridgehead atoms. The molecule has 2 heterocycles. The quantitative estimate of drug-likeness (QED) is 0.354. The van der Waals surface area contributed by atoms with E-state index in [-0.39, 0.29) is 43.1 Å². The van der Waals surface area contributed by atoms with Crippen LogP contribution in [0.3, 0.4) is 0 Å². The van der Waals surface area contributed by atoms with E-state index in [1.165, 1.54) is 6.07 Å². The van der Waals surface area contributed by atoms with Gasteiger partial charge >= 0.3 is 5.97 Å². The lowest BCUT2D eigenvalue weighted by molar-refractivity contribution is -0.140. The number of hydrogen-bond acceptors (Lipinski definition) is 5. The zero-order valence-corrected chi connectivity index (χ0v) is 24.3. The van der Waals surface area contributed by atoms with Gasteiger partial charge in [0.25, 0.3) is 5.91 Å². The molecule has 1 fully saturated rings. The minimum atomic E-state index is -0.408. The number of halogens is 1. The molecule has 0 N–H and O–H groups in total. The number of benzene rings is 3. The molecule has 2 amide bonds. The Kier molecular flexibility index (Phi) is 8.71. The number of allylic oxidation sites excluding steroid dienone is 1. The largest absolute Gasteiger partial charge is 0.463 e. The van der Waals surface area contributed by atoms with E-state index in [0.717, 1.165) is 16.7 Å². The predicted molar refractivity (Wildman–Crippen MR) is 159 cm³/mol. The zero-order chi connectivity index (χ0) is 29.8. The number of rotatable bonds is 7. The van der Waals surface area contributed by atoms with Gasteiger partial charge in [-0.2, -0.15) is 0 Å². The van der Waals surface area contributed by atoms with Crippen LogP contribution in [-0.2, 0) is 20.9 Å². The molecule has 2 aliphatic heterocycles. The molecular formula is C34H36FN3O4. The number of nitrogens with zero attached hydrogens (tertiary/aromatic N) is 3. The number of carbonyl (C=O) groups is 3. The molecule has 0 radical (unpaired) electrons. The van der Waals surface area contributed by atoms with Gasteiger partial charge in [-0.1, -0.05) is 54.1 Å². The van der Waals surface area contributed by atoms with Crippen LogP contribution in [0, 0.1) is 12.7 Å². The van der Waals surface area contributed by atoms with E-state index < -0.39 is 5.97 Å². The highest BCUT2D eigenvalue weighted by molar-refractivity contribution is 5.96. The predicted octanol–water partition coefficient (Wildman–Crippen LogP) is 5.45. The van der Waals surface area contributed by atoms with E-state index in [0.29, 0.717) is 48.7 Å². The Morgan fingerprint density at radius 2 is 1.57 bits per heavy atom. The summed E-state index contributed by atoms with van der Waals surface area (Å²) in [6.45, 7) is 8.20. The third kappa shape index (κ3) is 6.08. The molecule has 2 aliphatic rings. The first kappa shape index (κ1) is 29.0. The van der Waals surface area contributed by atoms with Crippen LogP contribution >= 0.6 is 0 Å². The summed E-state index contributed by atoms with van der Waals surface area (Å²) in [6, 6.07) is 21.8. The number of hydrogen-bond donors (Lipinski definition) is 0. The van der Waals surface area contributed by atoms with Crippen molar-refractivity contribution in [2.24, 2.45) is 0 Å². The van der Waals surface area contributed by atoms with E-state index in [1.54, 1.807) is 47.9 Å². The van der Waals surface area contributed by atoms with Crippen molar-refractivity contribution < 1.29 is 23.5 Å². The van der Waals surface area contributed by atoms with E-state index >= 15 is 0 Å². The fourth-order valence-corrected chi connectivity index (χ4v) is 5.74. The summed E-state index contributed by atoms with van der Waals surface area (Å²) in [6.07, 6.45) is 0.171. The molecule has 0 aliphatic carbocycles. The summed E-state index contributed by atoms with van der Waals surface area (Å²) >= 11 is 0. The van der Waals surface area contributed by atoms with Crippen LogP contribution in [0.2, 0.25) is 0 Å². The lowest BCUT2D eigenvalue weighted by Crippen LogP contribution is -2.49. The molecule has 0 saturated carbocycles. The van der Waals surface area contributed by atoms with Crippen LogP contribution in [0.4, 0.5) is 10.1 Å². The minimum absolute atomic E-state index is 0.0704. The second kappa shape index (κ2) is 12.6. The van der Waals surface area contributed by atoms with Crippen LogP contribution in [0.15, 0.2) is 84.1 Å². The van der Waals surface area contributed by atoms with Crippen LogP contribution < -0.4 is 4.90 Å². The number of amides is 2. The second-order valence-electron chi connectivity index (χ2n) is 10.8. The Morgan fingerprint density at radius 1 is 0.905 bits per heavy atom. The van der Waals surface area contributed by atoms with E-state index in [9.17, 15) is 18.8 Å². The van der Waals surface area contributed by atoms with Crippen molar-refractivity contribution in [1.82, 2.24) is 9.80 Å². The molecule has 8 heteroatoms. The first-order valence-corrected chi connectivity index (χ1v) is 14.4. The number of aryl methyl sites for hydroxylation is 1. The fourth-order valence-electron chi connectivity index (χ4n) is 5.74. The fraction of sp³-hybridized carbons (Fsp3) is 0.324. The van der Waals surface area contributed by atoms with Gasteiger partial charge in [-0.3, -0.25) is 9.59 Å². The Balaban J connectivity index is 1.28. The Bertz CT molecular complexity index is 1490. The van der Waals surface area contributed by atoms with Gasteiger partial charge < -0.3 is 19.4 Å². The summed E-state index contributed by atoms with van der Waals surface area (Å²) in [5, 5.41) is 0. The second-order valence-corrected chi connectivity index (χ2v) is 10.8. The van der Waals surface area contributed by atoms with Crippen molar-refractivity contribution in [3.05, 3.63) is 112 Å². The SMILES string of the molecule is CCOC(=O)C1=C(C)N(Cc2ccc(C(=O)N3CCN(c4ccccc4F)CC3)cc2)C(=O)C[C@@H]1c1ccc(C)cc1. The summed E-state index contributed by atoms with van der Waals surface area (Å²) in [5.41, 5.74) is 5.07. The van der Waals surface area contributed by atoms with Gasteiger partial charge in [0.15, 0.2) is 0 Å². The maximum absolute atomic E-state index is 14.2. The summed E-state index contributed by atoms with van der Waals surface area (Å²) in [5.74, 6) is -1.18. The van der Waals surface area contributed by atoms with Crippen molar-refractivity contribution in [1.29, 1.82) is 0 Å². The van der Waals surface area contributed by atoms with Crippen molar-refractivity contribution in [2.45, 2.75) is 39.7 Å². The molecule has 3 aromatic carbocycles. The molecule has 42 heavy (non-hydrogen) atoms. The molecule has 3 aromatic rings. The number of anilines is 1. The smallest absolute Gasteiger partial charge is 0.336 e. The number of piperazine rings is 1. The van der Waals surface area contributed by atoms with Gasteiger partial charge in [0.05, 0.1) is 24.4 Å². The molecule has 1 saturated heterocycles. The third-order valence-electron chi connectivity index (χ3n) is 8.10. The molecular weight excluding hydrogens is 533 g/mol. The van der Waals surface area contributed by atoms with Gasteiger partial charge in [-0.15, -0.1) is 0 Å². The number of carbonyl (C=O) groups excluding carboxylic acids is 3. The molecule has 1 atom stereocenters. The van der Waals surface area contributed by atoms with E-state index in [2.05, 4.69) is 0 Å². The highest BCUT2D eigenvalue weighted by Gasteiger charge is 2.37. The number of ether oxygens (including phenoxy) is 1. The topological polar surface area (TPSA) is 70.2 Å². The van der Waals surface area contributed by atoms with E-state index in [1.807, 2.05) is 54.3 Å². The maximum Gasteiger partial charge on any atom is 0.336 e. The average Bonchev–Trinajstić information content (AvgIpc) is 3.00. The van der Waals surface area contributed by atoms with Crippen molar-refractivity contribution in [3.8, 4) is 0 Å². The van der Waals surface area contributed by atoms with Gasteiger partial charge in [-0.25, -0.2) is 9.18 Å². The maximum atomic E-state index is 14.2. The summed E-state index contributed by atoms with van der Waals surface area (Å²) in [7, 11) is 0. The lowest BCUT2D eigenvalue weighted by atomic mass is 9.83. The highest BCUT2D eigenvalue weighted by atomic mass is 19.1. The van der Waals surface area contributed by atoms with Gasteiger partial charge in [-0.05, 0) is 56.2 Å². The normalized spacial score (nSPS) is 17.5. The van der Waals surface area contributed by atoms with Crippen LogP contribution in [0.25, 0.3) is 0 Å². The van der Waals surface area contributed by atoms with Crippen molar-refractivity contribution in [3.63, 3.8) is 0 Å². The number of esters is 1. The highest BCUT2D eigenvalue weighted by Crippen LogP contribution is 2.38. The molecule has 0 unspecified atom stereocenters. The summed E-state index contributed by atoms with van der Waals surface area (Å²) in [4.78, 5) is 45.0. The zero-order valence-electron chi connectivity index (χ0n) is 24.3. The third-order valence-corrected chi connectivity index (χ3v) is 8.10. The molecule has 0 spiro atoms. The lowest BCUT2D eigenvalue weighted by Gasteiger charge is -2.36. The standard InChI is InChI=1S/C34H36FN3O4/c1-4-42-34(41)32-24(3)38(31(39)21-28(32)26-13-9-23(2)10-14-26)22-25-11-15-27(16-12-25)33(40)37-19-17-36(18-20-37)30-8-6-5-7-29(30)35/h5-16,28H,4,17-22H2,1-3H3/t28-/m1/s1.